The van der Waals surface area contributed by atoms with Crippen LogP contribution in [0.2, 0.25) is 0 Å². The summed E-state index contributed by atoms with van der Waals surface area (Å²) in [6.45, 7) is 6.14. The predicted molar refractivity (Wildman–Crippen MR) is 62.1 cm³/mol. The van der Waals surface area contributed by atoms with E-state index >= 15 is 0 Å². The highest BCUT2D eigenvalue weighted by Gasteiger charge is 2.11. The average molecular weight is 209 g/mol. The maximum absolute atomic E-state index is 13.3. The lowest BCUT2D eigenvalue weighted by molar-refractivity contribution is 0.503. The summed E-state index contributed by atoms with van der Waals surface area (Å²) in [6, 6.07) is 5.09. The highest BCUT2D eigenvalue weighted by atomic mass is 19.1. The Hall–Kier alpha value is -0.890. The summed E-state index contributed by atoms with van der Waals surface area (Å²) in [5.41, 5.74) is 7.68. The molecule has 1 atom stereocenters. The van der Waals surface area contributed by atoms with Gasteiger partial charge in [0.1, 0.15) is 5.82 Å². The van der Waals surface area contributed by atoms with E-state index in [2.05, 4.69) is 13.8 Å². The molecule has 0 spiro atoms. The van der Waals surface area contributed by atoms with Crippen LogP contribution in [0.25, 0.3) is 0 Å². The van der Waals surface area contributed by atoms with Crippen molar-refractivity contribution in [2.45, 2.75) is 39.7 Å². The Morgan fingerprint density at radius 1 is 1.27 bits per heavy atom. The molecule has 0 amide bonds. The van der Waals surface area contributed by atoms with Gasteiger partial charge in [0.25, 0.3) is 0 Å². The third kappa shape index (κ3) is 3.31. The largest absolute Gasteiger partial charge is 0.324 e. The van der Waals surface area contributed by atoms with Crippen molar-refractivity contribution in [2.75, 3.05) is 0 Å². The van der Waals surface area contributed by atoms with Gasteiger partial charge in [0.05, 0.1) is 0 Å². The number of hydrogen-bond donors (Lipinski definition) is 1. The van der Waals surface area contributed by atoms with Gasteiger partial charge >= 0.3 is 0 Å². The summed E-state index contributed by atoms with van der Waals surface area (Å²) in [5, 5.41) is 0. The second-order valence-electron chi connectivity index (χ2n) is 4.53. The fourth-order valence-electron chi connectivity index (χ4n) is 1.69. The zero-order valence-corrected chi connectivity index (χ0v) is 9.76. The van der Waals surface area contributed by atoms with Gasteiger partial charge in [-0.2, -0.15) is 0 Å². The van der Waals surface area contributed by atoms with Gasteiger partial charge < -0.3 is 5.73 Å². The molecule has 2 N–H and O–H groups in total. The van der Waals surface area contributed by atoms with Crippen molar-refractivity contribution in [3.05, 3.63) is 35.1 Å². The highest BCUT2D eigenvalue weighted by Crippen LogP contribution is 2.23. The fraction of sp³-hybridized carbons (Fsp3) is 0.538. The third-order valence-corrected chi connectivity index (χ3v) is 2.76. The lowest BCUT2D eigenvalue weighted by Gasteiger charge is -2.16. The Balaban J connectivity index is 2.73. The molecule has 0 saturated carbocycles. The molecule has 0 aliphatic carbocycles. The van der Waals surface area contributed by atoms with Gasteiger partial charge in [-0.25, -0.2) is 4.39 Å². The van der Waals surface area contributed by atoms with Crippen molar-refractivity contribution in [1.82, 2.24) is 0 Å². The molecule has 15 heavy (non-hydrogen) atoms. The molecule has 0 fully saturated rings. The molecule has 1 aromatic rings. The molecular weight excluding hydrogens is 189 g/mol. The molecule has 0 saturated heterocycles. The fourth-order valence-corrected chi connectivity index (χ4v) is 1.69. The third-order valence-electron chi connectivity index (χ3n) is 2.76. The van der Waals surface area contributed by atoms with Gasteiger partial charge in [-0.15, -0.1) is 0 Å². The zero-order chi connectivity index (χ0) is 11.4. The van der Waals surface area contributed by atoms with Crippen molar-refractivity contribution < 1.29 is 4.39 Å². The molecule has 1 aromatic carbocycles. The summed E-state index contributed by atoms with van der Waals surface area (Å²) < 4.78 is 13.3. The van der Waals surface area contributed by atoms with Crippen molar-refractivity contribution in [1.29, 1.82) is 0 Å². The molecule has 0 unspecified atom stereocenters. The smallest absolute Gasteiger partial charge is 0.126 e. The summed E-state index contributed by atoms with van der Waals surface area (Å²) in [4.78, 5) is 0. The van der Waals surface area contributed by atoms with Crippen molar-refractivity contribution in [3.8, 4) is 0 Å². The van der Waals surface area contributed by atoms with Crippen LogP contribution in [0.4, 0.5) is 4.39 Å². The van der Waals surface area contributed by atoms with Gasteiger partial charge in [0.15, 0.2) is 0 Å². The first-order chi connectivity index (χ1) is 7.02. The standard InChI is InChI=1S/C13H20FN/c1-9(2)7-8-13(15)11-5-4-6-12(14)10(11)3/h4-6,9,13H,7-8,15H2,1-3H3/t13-/m0/s1. The van der Waals surface area contributed by atoms with E-state index in [1.54, 1.807) is 13.0 Å². The average Bonchev–Trinajstić information content (AvgIpc) is 2.18. The van der Waals surface area contributed by atoms with E-state index in [0.29, 0.717) is 11.5 Å². The van der Waals surface area contributed by atoms with E-state index in [-0.39, 0.29) is 11.9 Å². The summed E-state index contributed by atoms with van der Waals surface area (Å²) in [5.74, 6) is 0.484. The van der Waals surface area contributed by atoms with E-state index in [0.717, 1.165) is 18.4 Å². The van der Waals surface area contributed by atoms with Crippen LogP contribution in [0.5, 0.6) is 0 Å². The van der Waals surface area contributed by atoms with Gasteiger partial charge in [0, 0.05) is 6.04 Å². The predicted octanol–water partition coefficient (Wildman–Crippen LogP) is 3.57. The van der Waals surface area contributed by atoms with E-state index in [9.17, 15) is 4.39 Å². The van der Waals surface area contributed by atoms with Crippen LogP contribution < -0.4 is 5.73 Å². The SMILES string of the molecule is Cc1c(F)cccc1[C@@H](N)CCC(C)C. The molecule has 1 nitrogen and oxygen atoms in total. The second kappa shape index (κ2) is 5.26. The molecular formula is C13H20FN. The highest BCUT2D eigenvalue weighted by molar-refractivity contribution is 5.29. The van der Waals surface area contributed by atoms with Crippen molar-refractivity contribution in [3.63, 3.8) is 0 Å². The van der Waals surface area contributed by atoms with E-state index in [4.69, 9.17) is 5.73 Å². The number of halogens is 1. The van der Waals surface area contributed by atoms with Gasteiger partial charge in [-0.1, -0.05) is 26.0 Å². The van der Waals surface area contributed by atoms with Crippen molar-refractivity contribution in [2.24, 2.45) is 11.7 Å². The first-order valence-electron chi connectivity index (χ1n) is 5.53. The maximum atomic E-state index is 13.3. The molecule has 2 heteroatoms. The first-order valence-corrected chi connectivity index (χ1v) is 5.53. The summed E-state index contributed by atoms with van der Waals surface area (Å²) in [7, 11) is 0. The Morgan fingerprint density at radius 2 is 1.93 bits per heavy atom. The topological polar surface area (TPSA) is 26.0 Å². The molecule has 0 heterocycles. The normalized spacial score (nSPS) is 13.2. The second-order valence-corrected chi connectivity index (χ2v) is 4.53. The monoisotopic (exact) mass is 209 g/mol. The molecule has 0 bridgehead atoms. The molecule has 1 rings (SSSR count). The number of rotatable bonds is 4. The maximum Gasteiger partial charge on any atom is 0.126 e. The molecule has 84 valence electrons. The van der Waals surface area contributed by atoms with Gasteiger partial charge in [-0.05, 0) is 42.9 Å². The van der Waals surface area contributed by atoms with E-state index < -0.39 is 0 Å². The number of nitrogens with two attached hydrogens (primary N) is 1. The zero-order valence-electron chi connectivity index (χ0n) is 9.76. The number of benzene rings is 1. The quantitative estimate of drug-likeness (QED) is 0.806. The van der Waals surface area contributed by atoms with Gasteiger partial charge in [0.2, 0.25) is 0 Å². The van der Waals surface area contributed by atoms with Gasteiger partial charge in [-0.3, -0.25) is 0 Å². The summed E-state index contributed by atoms with van der Waals surface area (Å²) >= 11 is 0. The minimum absolute atomic E-state index is 0.0388. The van der Waals surface area contributed by atoms with Crippen LogP contribution in [-0.4, -0.2) is 0 Å². The summed E-state index contributed by atoms with van der Waals surface area (Å²) in [6.07, 6.45) is 2.00. The lowest BCUT2D eigenvalue weighted by Crippen LogP contribution is -2.13. The van der Waals surface area contributed by atoms with Crippen LogP contribution in [-0.2, 0) is 0 Å². The van der Waals surface area contributed by atoms with E-state index in [1.165, 1.54) is 6.07 Å². The molecule has 0 aliphatic rings. The molecule has 0 aromatic heterocycles. The Kier molecular flexibility index (Phi) is 4.28. The van der Waals surface area contributed by atoms with Crippen LogP contribution in [0.1, 0.15) is 43.9 Å². The minimum Gasteiger partial charge on any atom is -0.324 e. The lowest BCUT2D eigenvalue weighted by atomic mass is 9.95. The van der Waals surface area contributed by atoms with Crippen LogP contribution in [0.15, 0.2) is 18.2 Å². The molecule has 0 radical (unpaired) electrons. The van der Waals surface area contributed by atoms with E-state index in [1.807, 2.05) is 6.07 Å². The Morgan fingerprint density at radius 3 is 2.53 bits per heavy atom. The number of hydrogen-bond acceptors (Lipinski definition) is 1. The van der Waals surface area contributed by atoms with Crippen molar-refractivity contribution >= 4 is 0 Å². The van der Waals surface area contributed by atoms with Crippen LogP contribution in [0, 0.1) is 18.7 Å². The minimum atomic E-state index is -0.160. The Labute approximate surface area is 91.5 Å². The Bertz CT molecular complexity index is 320. The molecule has 0 aliphatic heterocycles. The van der Waals surface area contributed by atoms with Crippen LogP contribution >= 0.6 is 0 Å². The first kappa shape index (κ1) is 12.2. The van der Waals surface area contributed by atoms with Crippen LogP contribution in [0.3, 0.4) is 0 Å².